The van der Waals surface area contributed by atoms with Gasteiger partial charge in [0.2, 0.25) is 0 Å². The molecule has 0 aliphatic carbocycles. The van der Waals surface area contributed by atoms with Gasteiger partial charge in [-0.3, -0.25) is 0 Å². The van der Waals surface area contributed by atoms with E-state index < -0.39 is 0 Å². The molecular formula is C6H15ClN2O. The van der Waals surface area contributed by atoms with Crippen molar-refractivity contribution in [3.8, 4) is 0 Å². The fourth-order valence-electron chi connectivity index (χ4n) is 1.17. The molecule has 0 bridgehead atoms. The SMILES string of the molecule is Cl.NC[C@@H]1CCNC[C@H]1O. The highest BCUT2D eigenvalue weighted by molar-refractivity contribution is 5.85. The Hall–Kier alpha value is 0.170. The normalized spacial score (nSPS) is 33.0. The fourth-order valence-corrected chi connectivity index (χ4v) is 1.17. The second-order valence-electron chi connectivity index (χ2n) is 2.56. The van der Waals surface area contributed by atoms with Crippen LogP contribution < -0.4 is 11.1 Å². The van der Waals surface area contributed by atoms with E-state index in [9.17, 15) is 5.11 Å². The van der Waals surface area contributed by atoms with Crippen molar-refractivity contribution in [1.82, 2.24) is 5.32 Å². The molecule has 1 heterocycles. The van der Waals surface area contributed by atoms with E-state index >= 15 is 0 Å². The van der Waals surface area contributed by atoms with E-state index in [-0.39, 0.29) is 18.5 Å². The first-order valence-electron chi connectivity index (χ1n) is 3.43. The molecule has 0 aromatic heterocycles. The van der Waals surface area contributed by atoms with Crippen molar-refractivity contribution >= 4 is 12.4 Å². The fraction of sp³-hybridized carbons (Fsp3) is 1.00. The summed E-state index contributed by atoms with van der Waals surface area (Å²) in [5.74, 6) is 0.325. The first-order chi connectivity index (χ1) is 4.34. The smallest absolute Gasteiger partial charge is 0.0705 e. The predicted molar refractivity (Wildman–Crippen MR) is 43.3 cm³/mol. The van der Waals surface area contributed by atoms with Gasteiger partial charge < -0.3 is 16.2 Å². The molecule has 0 aromatic carbocycles. The molecule has 4 heteroatoms. The lowest BCUT2D eigenvalue weighted by molar-refractivity contribution is 0.0863. The van der Waals surface area contributed by atoms with Gasteiger partial charge in [0, 0.05) is 6.54 Å². The second kappa shape index (κ2) is 4.91. The zero-order chi connectivity index (χ0) is 6.69. The van der Waals surface area contributed by atoms with Gasteiger partial charge >= 0.3 is 0 Å². The van der Waals surface area contributed by atoms with E-state index in [1.54, 1.807) is 0 Å². The van der Waals surface area contributed by atoms with Crippen LogP contribution in [0.3, 0.4) is 0 Å². The van der Waals surface area contributed by atoms with Crippen molar-refractivity contribution in [3.63, 3.8) is 0 Å². The van der Waals surface area contributed by atoms with E-state index in [4.69, 9.17) is 5.73 Å². The lowest BCUT2D eigenvalue weighted by Gasteiger charge is -2.26. The summed E-state index contributed by atoms with van der Waals surface area (Å²) in [7, 11) is 0. The van der Waals surface area contributed by atoms with Crippen LogP contribution in [0.5, 0.6) is 0 Å². The summed E-state index contributed by atoms with van der Waals surface area (Å²) in [5, 5.41) is 12.3. The molecule has 3 nitrogen and oxygen atoms in total. The Morgan fingerprint density at radius 3 is 2.70 bits per heavy atom. The molecule has 4 N–H and O–H groups in total. The summed E-state index contributed by atoms with van der Waals surface area (Å²) in [6.07, 6.45) is 0.793. The van der Waals surface area contributed by atoms with Gasteiger partial charge in [-0.2, -0.15) is 0 Å². The maximum Gasteiger partial charge on any atom is 0.0705 e. The zero-order valence-corrected chi connectivity index (χ0v) is 6.73. The van der Waals surface area contributed by atoms with Gasteiger partial charge in [0.05, 0.1) is 6.10 Å². The third-order valence-electron chi connectivity index (χ3n) is 1.89. The van der Waals surface area contributed by atoms with E-state index in [1.165, 1.54) is 0 Å². The molecule has 1 aliphatic rings. The lowest BCUT2D eigenvalue weighted by atomic mass is 9.96. The van der Waals surface area contributed by atoms with Crippen molar-refractivity contribution in [1.29, 1.82) is 0 Å². The number of hydrogen-bond donors (Lipinski definition) is 3. The molecule has 2 atom stereocenters. The average molecular weight is 167 g/mol. The maximum absolute atomic E-state index is 9.23. The largest absolute Gasteiger partial charge is 0.391 e. The Bertz CT molecular complexity index is 91.8. The molecular weight excluding hydrogens is 152 g/mol. The highest BCUT2D eigenvalue weighted by Gasteiger charge is 2.20. The van der Waals surface area contributed by atoms with Crippen LogP contribution in [-0.2, 0) is 0 Å². The molecule has 1 rings (SSSR count). The lowest BCUT2D eigenvalue weighted by Crippen LogP contribution is -2.43. The van der Waals surface area contributed by atoms with Gasteiger partial charge in [-0.15, -0.1) is 12.4 Å². The minimum Gasteiger partial charge on any atom is -0.391 e. The Morgan fingerprint density at radius 1 is 1.60 bits per heavy atom. The number of aliphatic hydroxyl groups excluding tert-OH is 1. The van der Waals surface area contributed by atoms with Crippen molar-refractivity contribution in [2.45, 2.75) is 12.5 Å². The zero-order valence-electron chi connectivity index (χ0n) is 5.92. The van der Waals surface area contributed by atoms with Crippen molar-refractivity contribution in [2.75, 3.05) is 19.6 Å². The summed E-state index contributed by atoms with van der Waals surface area (Å²) in [5.41, 5.74) is 5.41. The molecule has 10 heavy (non-hydrogen) atoms. The molecule has 1 saturated heterocycles. The Morgan fingerprint density at radius 2 is 2.30 bits per heavy atom. The van der Waals surface area contributed by atoms with Crippen molar-refractivity contribution in [3.05, 3.63) is 0 Å². The first-order valence-corrected chi connectivity index (χ1v) is 3.43. The van der Waals surface area contributed by atoms with E-state index in [2.05, 4.69) is 5.32 Å². The monoisotopic (exact) mass is 166 g/mol. The third kappa shape index (κ3) is 2.42. The van der Waals surface area contributed by atoms with Crippen LogP contribution in [0.15, 0.2) is 0 Å². The van der Waals surface area contributed by atoms with Crippen LogP contribution in [0.4, 0.5) is 0 Å². The van der Waals surface area contributed by atoms with Crippen LogP contribution >= 0.6 is 12.4 Å². The van der Waals surface area contributed by atoms with Crippen molar-refractivity contribution < 1.29 is 5.11 Å². The Labute approximate surface area is 67.4 Å². The maximum atomic E-state index is 9.23. The number of nitrogens with two attached hydrogens (primary N) is 1. The van der Waals surface area contributed by atoms with Crippen LogP contribution in [0.1, 0.15) is 6.42 Å². The Balaban J connectivity index is 0.000000810. The topological polar surface area (TPSA) is 58.3 Å². The van der Waals surface area contributed by atoms with Gasteiger partial charge in [0.15, 0.2) is 0 Å². The molecule has 0 saturated carbocycles. The van der Waals surface area contributed by atoms with Gasteiger partial charge in [-0.1, -0.05) is 0 Å². The number of hydrogen-bond acceptors (Lipinski definition) is 3. The average Bonchev–Trinajstić information content (AvgIpc) is 1.89. The van der Waals surface area contributed by atoms with Gasteiger partial charge in [-0.05, 0) is 25.4 Å². The number of rotatable bonds is 1. The minimum absolute atomic E-state index is 0. The minimum atomic E-state index is -0.219. The van der Waals surface area contributed by atoms with E-state index in [1.807, 2.05) is 0 Å². The summed E-state index contributed by atoms with van der Waals surface area (Å²) in [6.45, 7) is 2.32. The number of piperidine rings is 1. The third-order valence-corrected chi connectivity index (χ3v) is 1.89. The highest BCUT2D eigenvalue weighted by atomic mass is 35.5. The van der Waals surface area contributed by atoms with Gasteiger partial charge in [-0.25, -0.2) is 0 Å². The molecule has 0 radical (unpaired) electrons. The highest BCUT2D eigenvalue weighted by Crippen LogP contribution is 2.09. The van der Waals surface area contributed by atoms with Crippen LogP contribution in [0.2, 0.25) is 0 Å². The predicted octanol–water partition coefficient (Wildman–Crippen LogP) is -0.663. The Kier molecular flexibility index (Phi) is 4.99. The molecule has 0 amide bonds. The van der Waals surface area contributed by atoms with Gasteiger partial charge in [0.25, 0.3) is 0 Å². The summed E-state index contributed by atoms with van der Waals surface area (Å²) in [6, 6.07) is 0. The molecule has 1 fully saturated rings. The standard InChI is InChI=1S/C6H14N2O.ClH/c7-3-5-1-2-8-4-6(5)9;/h5-6,8-9H,1-4,7H2;1H/t5-,6+;/m0./s1. The second-order valence-corrected chi connectivity index (χ2v) is 2.56. The molecule has 1 aliphatic heterocycles. The number of halogens is 1. The summed E-state index contributed by atoms with van der Waals surface area (Å²) < 4.78 is 0. The van der Waals surface area contributed by atoms with Crippen LogP contribution in [-0.4, -0.2) is 30.8 Å². The summed E-state index contributed by atoms with van der Waals surface area (Å²) in [4.78, 5) is 0. The molecule has 62 valence electrons. The first kappa shape index (κ1) is 10.2. The summed E-state index contributed by atoms with van der Waals surface area (Å²) >= 11 is 0. The van der Waals surface area contributed by atoms with Crippen LogP contribution in [0.25, 0.3) is 0 Å². The molecule has 0 aromatic rings. The van der Waals surface area contributed by atoms with E-state index in [0.717, 1.165) is 13.0 Å². The number of β-amino-alcohol motifs (C(OH)–C–C–N with tert-alkyl or cyclic N) is 1. The molecule has 0 unspecified atom stereocenters. The number of aliphatic hydroxyl groups is 1. The number of nitrogens with one attached hydrogen (secondary N) is 1. The van der Waals surface area contributed by atoms with Gasteiger partial charge in [0.1, 0.15) is 0 Å². The van der Waals surface area contributed by atoms with E-state index in [0.29, 0.717) is 19.0 Å². The quantitative estimate of drug-likeness (QED) is 0.485. The van der Waals surface area contributed by atoms with Crippen molar-refractivity contribution in [2.24, 2.45) is 11.7 Å². The van der Waals surface area contributed by atoms with Crippen LogP contribution in [0, 0.1) is 5.92 Å². The molecule has 0 spiro atoms.